The van der Waals surface area contributed by atoms with E-state index in [4.69, 9.17) is 4.42 Å². The van der Waals surface area contributed by atoms with E-state index in [1.807, 2.05) is 16.9 Å². The quantitative estimate of drug-likeness (QED) is 0.725. The highest BCUT2D eigenvalue weighted by molar-refractivity contribution is 5.58. The molecule has 0 saturated carbocycles. The SMILES string of the molecule is C[C@H](c1cccc(-c2cn(Cc3ccoc3)nn2)c1)N(C)C. The first kappa shape index (κ1) is 14.5. The summed E-state index contributed by atoms with van der Waals surface area (Å²) in [5.41, 5.74) is 4.32. The van der Waals surface area contributed by atoms with Gasteiger partial charge in [0.1, 0.15) is 5.69 Å². The van der Waals surface area contributed by atoms with Gasteiger partial charge in [-0.2, -0.15) is 0 Å². The lowest BCUT2D eigenvalue weighted by atomic mass is 10.0. The Kier molecular flexibility index (Phi) is 4.06. The maximum absolute atomic E-state index is 5.08. The van der Waals surface area contributed by atoms with E-state index in [1.165, 1.54) is 5.56 Å². The zero-order chi connectivity index (χ0) is 15.5. The third-order valence-electron chi connectivity index (χ3n) is 3.90. The van der Waals surface area contributed by atoms with Gasteiger partial charge >= 0.3 is 0 Å². The van der Waals surface area contributed by atoms with Crippen molar-refractivity contribution < 1.29 is 4.42 Å². The fourth-order valence-electron chi connectivity index (χ4n) is 2.33. The molecule has 0 radical (unpaired) electrons. The van der Waals surface area contributed by atoms with Gasteiger partial charge in [0.05, 0.1) is 25.3 Å². The summed E-state index contributed by atoms with van der Waals surface area (Å²) in [6.07, 6.45) is 5.35. The molecule has 0 aliphatic carbocycles. The van der Waals surface area contributed by atoms with E-state index < -0.39 is 0 Å². The third-order valence-corrected chi connectivity index (χ3v) is 3.90. The summed E-state index contributed by atoms with van der Waals surface area (Å²) in [6.45, 7) is 2.85. The minimum Gasteiger partial charge on any atom is -0.472 e. The highest BCUT2D eigenvalue weighted by Crippen LogP contribution is 2.23. The molecule has 22 heavy (non-hydrogen) atoms. The van der Waals surface area contributed by atoms with Crippen LogP contribution in [0.2, 0.25) is 0 Å². The molecule has 0 aliphatic heterocycles. The van der Waals surface area contributed by atoms with Gasteiger partial charge in [-0.05, 0) is 38.7 Å². The second-order valence-electron chi connectivity index (χ2n) is 5.70. The van der Waals surface area contributed by atoms with Crippen molar-refractivity contribution in [3.8, 4) is 11.3 Å². The molecule has 1 aromatic carbocycles. The molecule has 2 heterocycles. The Bertz CT molecular complexity index is 731. The average molecular weight is 296 g/mol. The molecule has 114 valence electrons. The molecule has 0 unspecified atom stereocenters. The Labute approximate surface area is 130 Å². The molecule has 1 atom stereocenters. The van der Waals surface area contributed by atoms with Crippen molar-refractivity contribution in [1.29, 1.82) is 0 Å². The van der Waals surface area contributed by atoms with E-state index in [0.29, 0.717) is 12.6 Å². The van der Waals surface area contributed by atoms with Gasteiger partial charge < -0.3 is 9.32 Å². The van der Waals surface area contributed by atoms with Crippen molar-refractivity contribution >= 4 is 0 Å². The summed E-state index contributed by atoms with van der Waals surface area (Å²) < 4.78 is 6.90. The van der Waals surface area contributed by atoms with Crippen LogP contribution >= 0.6 is 0 Å². The summed E-state index contributed by atoms with van der Waals surface area (Å²) in [4.78, 5) is 2.19. The topological polar surface area (TPSA) is 47.1 Å². The lowest BCUT2D eigenvalue weighted by molar-refractivity contribution is 0.321. The summed E-state index contributed by atoms with van der Waals surface area (Å²) in [6, 6.07) is 10.8. The van der Waals surface area contributed by atoms with E-state index in [-0.39, 0.29) is 0 Å². The highest BCUT2D eigenvalue weighted by atomic mass is 16.3. The van der Waals surface area contributed by atoms with Crippen LogP contribution in [0.3, 0.4) is 0 Å². The van der Waals surface area contributed by atoms with E-state index in [0.717, 1.165) is 16.8 Å². The van der Waals surface area contributed by atoms with Crippen molar-refractivity contribution in [2.75, 3.05) is 14.1 Å². The third kappa shape index (κ3) is 3.09. The predicted octanol–water partition coefficient (Wildman–Crippen LogP) is 3.21. The number of rotatable bonds is 5. The summed E-state index contributed by atoms with van der Waals surface area (Å²) >= 11 is 0. The predicted molar refractivity (Wildman–Crippen MR) is 85.4 cm³/mol. The zero-order valence-electron chi connectivity index (χ0n) is 13.1. The average Bonchev–Trinajstić information content (AvgIpc) is 3.19. The standard InChI is InChI=1S/C17H20N4O/c1-13(20(2)3)15-5-4-6-16(9-15)17-11-21(19-18-17)10-14-7-8-22-12-14/h4-9,11-13H,10H2,1-3H3/t13-/m1/s1. The number of benzene rings is 1. The van der Waals surface area contributed by atoms with E-state index in [2.05, 4.69) is 60.5 Å². The molecule has 0 amide bonds. The van der Waals surface area contributed by atoms with Gasteiger partial charge in [0, 0.05) is 17.2 Å². The number of hydrogen-bond donors (Lipinski definition) is 0. The molecular formula is C17H20N4O. The first-order valence-corrected chi connectivity index (χ1v) is 7.31. The number of nitrogens with zero attached hydrogens (tertiary/aromatic N) is 4. The van der Waals surface area contributed by atoms with Gasteiger partial charge in [0.2, 0.25) is 0 Å². The molecule has 0 fully saturated rings. The normalized spacial score (nSPS) is 12.7. The van der Waals surface area contributed by atoms with E-state index >= 15 is 0 Å². The van der Waals surface area contributed by atoms with Crippen LogP contribution in [0.25, 0.3) is 11.3 Å². The van der Waals surface area contributed by atoms with Crippen LogP contribution in [0.4, 0.5) is 0 Å². The van der Waals surface area contributed by atoms with Gasteiger partial charge in [0.25, 0.3) is 0 Å². The Morgan fingerprint density at radius 1 is 1.27 bits per heavy atom. The molecule has 0 bridgehead atoms. The molecule has 3 rings (SSSR count). The van der Waals surface area contributed by atoms with Crippen LogP contribution in [0.15, 0.2) is 53.5 Å². The van der Waals surface area contributed by atoms with Gasteiger partial charge in [-0.1, -0.05) is 23.4 Å². The van der Waals surface area contributed by atoms with Crippen LogP contribution < -0.4 is 0 Å². The molecule has 5 heteroatoms. The minimum absolute atomic E-state index is 0.362. The molecule has 5 nitrogen and oxygen atoms in total. The van der Waals surface area contributed by atoms with Crippen LogP contribution in [0.1, 0.15) is 24.1 Å². The zero-order valence-corrected chi connectivity index (χ0v) is 13.1. The maximum Gasteiger partial charge on any atom is 0.113 e. The number of hydrogen-bond acceptors (Lipinski definition) is 4. The second kappa shape index (κ2) is 6.15. The van der Waals surface area contributed by atoms with E-state index in [1.54, 1.807) is 12.5 Å². The van der Waals surface area contributed by atoms with E-state index in [9.17, 15) is 0 Å². The van der Waals surface area contributed by atoms with Crippen LogP contribution in [0.5, 0.6) is 0 Å². The lowest BCUT2D eigenvalue weighted by Crippen LogP contribution is -2.16. The first-order valence-electron chi connectivity index (χ1n) is 7.31. The smallest absolute Gasteiger partial charge is 0.113 e. The van der Waals surface area contributed by atoms with Crippen LogP contribution in [0, 0.1) is 0 Å². The Balaban J connectivity index is 1.82. The van der Waals surface area contributed by atoms with Gasteiger partial charge in [-0.15, -0.1) is 5.10 Å². The molecule has 0 aliphatic rings. The van der Waals surface area contributed by atoms with Crippen LogP contribution in [-0.2, 0) is 6.54 Å². The van der Waals surface area contributed by atoms with Gasteiger partial charge in [-0.3, -0.25) is 0 Å². The van der Waals surface area contributed by atoms with Crippen molar-refractivity contribution in [2.45, 2.75) is 19.5 Å². The van der Waals surface area contributed by atoms with Crippen molar-refractivity contribution in [3.05, 3.63) is 60.2 Å². The fraction of sp³-hybridized carbons (Fsp3) is 0.294. The fourth-order valence-corrected chi connectivity index (χ4v) is 2.33. The Hall–Kier alpha value is -2.40. The summed E-state index contributed by atoms with van der Waals surface area (Å²) in [5, 5.41) is 8.47. The number of aromatic nitrogens is 3. The Morgan fingerprint density at radius 3 is 2.86 bits per heavy atom. The van der Waals surface area contributed by atoms with Gasteiger partial charge in [0.15, 0.2) is 0 Å². The number of furan rings is 1. The molecule has 0 N–H and O–H groups in total. The van der Waals surface area contributed by atoms with Gasteiger partial charge in [-0.25, -0.2) is 4.68 Å². The monoisotopic (exact) mass is 296 g/mol. The van der Waals surface area contributed by atoms with Crippen molar-refractivity contribution in [3.63, 3.8) is 0 Å². The largest absolute Gasteiger partial charge is 0.472 e. The molecule has 0 saturated heterocycles. The maximum atomic E-state index is 5.08. The molecule has 0 spiro atoms. The molecular weight excluding hydrogens is 276 g/mol. The van der Waals surface area contributed by atoms with Crippen LogP contribution in [-0.4, -0.2) is 34.0 Å². The highest BCUT2D eigenvalue weighted by Gasteiger charge is 2.10. The minimum atomic E-state index is 0.362. The Morgan fingerprint density at radius 2 is 2.14 bits per heavy atom. The lowest BCUT2D eigenvalue weighted by Gasteiger charge is -2.20. The summed E-state index contributed by atoms with van der Waals surface area (Å²) in [7, 11) is 4.16. The summed E-state index contributed by atoms with van der Waals surface area (Å²) in [5.74, 6) is 0. The molecule has 3 aromatic rings. The van der Waals surface area contributed by atoms with Crippen molar-refractivity contribution in [1.82, 2.24) is 19.9 Å². The molecule has 2 aromatic heterocycles. The first-order chi connectivity index (χ1) is 10.6. The second-order valence-corrected chi connectivity index (χ2v) is 5.70. The van der Waals surface area contributed by atoms with Crippen molar-refractivity contribution in [2.24, 2.45) is 0 Å².